The number of anilines is 1. The fraction of sp³-hybridized carbons (Fsp3) is 0.143. The zero-order chi connectivity index (χ0) is 14.7. The van der Waals surface area contributed by atoms with Crippen molar-refractivity contribution in [1.82, 2.24) is 4.57 Å². The number of esters is 1. The zero-order valence-electron chi connectivity index (χ0n) is 11.0. The molecule has 0 unspecified atom stereocenters. The molecule has 0 radical (unpaired) electrons. The van der Waals surface area contributed by atoms with Crippen molar-refractivity contribution in [3.8, 4) is 0 Å². The van der Waals surface area contributed by atoms with Crippen molar-refractivity contribution in [2.75, 3.05) is 12.4 Å². The molecule has 1 aromatic carbocycles. The van der Waals surface area contributed by atoms with E-state index in [1.165, 1.54) is 7.11 Å². The normalized spacial score (nSPS) is 10.2. The van der Waals surface area contributed by atoms with Gasteiger partial charge in [-0.1, -0.05) is 0 Å². The molecule has 0 saturated heterocycles. The van der Waals surface area contributed by atoms with E-state index < -0.39 is 5.97 Å². The molecule has 1 aromatic heterocycles. The summed E-state index contributed by atoms with van der Waals surface area (Å²) in [5, 5.41) is 2.80. The predicted octanol–water partition coefficient (Wildman–Crippen LogP) is 2.67. The molecule has 20 heavy (non-hydrogen) atoms. The average Bonchev–Trinajstić information content (AvgIpc) is 2.86. The summed E-state index contributed by atoms with van der Waals surface area (Å²) in [6, 6.07) is 8.55. The molecule has 0 fully saturated rings. The van der Waals surface area contributed by atoms with Gasteiger partial charge >= 0.3 is 5.97 Å². The summed E-state index contributed by atoms with van der Waals surface area (Å²) in [5.41, 5.74) is 1.53. The molecular weight excluding hydrogens is 371 g/mol. The molecule has 1 heterocycles. The first-order chi connectivity index (χ1) is 9.52. The standard InChI is InChI=1S/C14H13IN2O3/c1-17-7-3-4-12(17)13(18)16-11-8-9(14(19)20-2)5-6-10(11)15/h3-8H,1-2H3,(H,16,18). The Labute approximate surface area is 130 Å². The number of nitrogens with zero attached hydrogens (tertiary/aromatic N) is 1. The number of benzene rings is 1. The summed E-state index contributed by atoms with van der Waals surface area (Å²) < 4.78 is 7.24. The fourth-order valence-electron chi connectivity index (χ4n) is 1.75. The third-order valence-corrected chi connectivity index (χ3v) is 3.75. The lowest BCUT2D eigenvalue weighted by molar-refractivity contribution is 0.0600. The minimum absolute atomic E-state index is 0.225. The Morgan fingerprint density at radius 2 is 2.05 bits per heavy atom. The quantitative estimate of drug-likeness (QED) is 0.654. The summed E-state index contributed by atoms with van der Waals surface area (Å²) in [6.07, 6.45) is 1.80. The maximum atomic E-state index is 12.1. The third kappa shape index (κ3) is 3.01. The lowest BCUT2D eigenvalue weighted by atomic mass is 10.2. The summed E-state index contributed by atoms with van der Waals surface area (Å²) >= 11 is 2.10. The van der Waals surface area contributed by atoms with Crippen LogP contribution in [0.3, 0.4) is 0 Å². The number of amides is 1. The van der Waals surface area contributed by atoms with Crippen LogP contribution in [0.1, 0.15) is 20.8 Å². The monoisotopic (exact) mass is 384 g/mol. The molecule has 5 nitrogen and oxygen atoms in total. The van der Waals surface area contributed by atoms with Gasteiger partial charge in [-0.05, 0) is 52.9 Å². The second-order valence-electron chi connectivity index (χ2n) is 4.14. The van der Waals surface area contributed by atoms with Gasteiger partial charge in [0.05, 0.1) is 18.4 Å². The van der Waals surface area contributed by atoms with Crippen LogP contribution in [0.4, 0.5) is 5.69 Å². The van der Waals surface area contributed by atoms with E-state index >= 15 is 0 Å². The average molecular weight is 384 g/mol. The number of ether oxygens (including phenoxy) is 1. The molecule has 0 atom stereocenters. The molecule has 0 spiro atoms. The largest absolute Gasteiger partial charge is 0.465 e. The Balaban J connectivity index is 2.27. The van der Waals surface area contributed by atoms with Gasteiger partial charge in [-0.15, -0.1) is 0 Å². The number of aromatic nitrogens is 1. The Bertz CT molecular complexity index is 664. The summed E-state index contributed by atoms with van der Waals surface area (Å²) in [7, 11) is 3.12. The van der Waals surface area contributed by atoms with E-state index in [-0.39, 0.29) is 5.91 Å². The summed E-state index contributed by atoms with van der Waals surface area (Å²) in [5.74, 6) is -0.659. The number of aryl methyl sites for hydroxylation is 1. The number of hydrogen-bond acceptors (Lipinski definition) is 3. The number of rotatable bonds is 3. The van der Waals surface area contributed by atoms with E-state index in [0.29, 0.717) is 16.9 Å². The molecule has 1 amide bonds. The van der Waals surface area contributed by atoms with E-state index in [9.17, 15) is 9.59 Å². The zero-order valence-corrected chi connectivity index (χ0v) is 13.2. The molecule has 0 aliphatic carbocycles. The number of carbonyl (C=O) groups excluding carboxylic acids is 2. The first kappa shape index (κ1) is 14.6. The van der Waals surface area contributed by atoms with Crippen molar-refractivity contribution < 1.29 is 14.3 Å². The van der Waals surface area contributed by atoms with Crippen LogP contribution in [0.15, 0.2) is 36.5 Å². The Morgan fingerprint density at radius 1 is 1.30 bits per heavy atom. The lowest BCUT2D eigenvalue weighted by Crippen LogP contribution is -2.16. The topological polar surface area (TPSA) is 60.3 Å². The smallest absolute Gasteiger partial charge is 0.337 e. The second-order valence-corrected chi connectivity index (χ2v) is 5.31. The fourth-order valence-corrected chi connectivity index (χ4v) is 2.22. The Morgan fingerprint density at radius 3 is 2.65 bits per heavy atom. The minimum atomic E-state index is -0.434. The molecule has 2 rings (SSSR count). The first-order valence-electron chi connectivity index (χ1n) is 5.83. The number of carbonyl (C=O) groups is 2. The van der Waals surface area contributed by atoms with Crippen LogP contribution in [0.25, 0.3) is 0 Å². The van der Waals surface area contributed by atoms with Crippen LogP contribution in [0.2, 0.25) is 0 Å². The van der Waals surface area contributed by atoms with Crippen molar-refractivity contribution in [1.29, 1.82) is 0 Å². The van der Waals surface area contributed by atoms with Crippen molar-refractivity contribution >= 4 is 40.2 Å². The van der Waals surface area contributed by atoms with Crippen LogP contribution in [-0.4, -0.2) is 23.6 Å². The molecule has 0 aliphatic heterocycles. The van der Waals surface area contributed by atoms with Gasteiger partial charge in [-0.25, -0.2) is 4.79 Å². The lowest BCUT2D eigenvalue weighted by Gasteiger charge is -2.09. The Kier molecular flexibility index (Phi) is 4.43. The number of nitrogens with one attached hydrogen (secondary N) is 1. The molecule has 104 valence electrons. The number of methoxy groups -OCH3 is 1. The second kappa shape index (κ2) is 6.08. The van der Waals surface area contributed by atoms with Crippen LogP contribution >= 0.6 is 22.6 Å². The summed E-state index contributed by atoms with van der Waals surface area (Å²) in [6.45, 7) is 0. The van der Waals surface area contributed by atoms with E-state index in [1.54, 1.807) is 48.1 Å². The minimum Gasteiger partial charge on any atom is -0.465 e. The molecular formula is C14H13IN2O3. The first-order valence-corrected chi connectivity index (χ1v) is 6.91. The SMILES string of the molecule is COC(=O)c1ccc(I)c(NC(=O)c2cccn2C)c1. The van der Waals surface area contributed by atoms with E-state index in [1.807, 2.05) is 0 Å². The van der Waals surface area contributed by atoms with Gasteiger partial charge in [0.2, 0.25) is 0 Å². The van der Waals surface area contributed by atoms with Gasteiger partial charge in [0.1, 0.15) is 5.69 Å². The number of hydrogen-bond donors (Lipinski definition) is 1. The van der Waals surface area contributed by atoms with Crippen LogP contribution in [0, 0.1) is 3.57 Å². The molecule has 0 aliphatic rings. The Hall–Kier alpha value is -1.83. The van der Waals surface area contributed by atoms with Gasteiger partial charge in [-0.3, -0.25) is 4.79 Å². The van der Waals surface area contributed by atoms with Gasteiger partial charge in [-0.2, -0.15) is 0 Å². The van der Waals surface area contributed by atoms with Gasteiger partial charge in [0.25, 0.3) is 5.91 Å². The van der Waals surface area contributed by atoms with Crippen molar-refractivity contribution in [2.45, 2.75) is 0 Å². The molecule has 1 N–H and O–H groups in total. The maximum absolute atomic E-state index is 12.1. The van der Waals surface area contributed by atoms with Crippen molar-refractivity contribution in [3.05, 3.63) is 51.4 Å². The van der Waals surface area contributed by atoms with E-state index in [2.05, 4.69) is 32.6 Å². The highest BCUT2D eigenvalue weighted by Crippen LogP contribution is 2.21. The van der Waals surface area contributed by atoms with Crippen molar-refractivity contribution in [3.63, 3.8) is 0 Å². The molecule has 0 saturated carbocycles. The molecule has 2 aromatic rings. The molecule has 0 bridgehead atoms. The van der Waals surface area contributed by atoms with Gasteiger partial charge < -0.3 is 14.6 Å². The highest BCUT2D eigenvalue weighted by atomic mass is 127. The van der Waals surface area contributed by atoms with Crippen molar-refractivity contribution in [2.24, 2.45) is 7.05 Å². The third-order valence-electron chi connectivity index (χ3n) is 2.81. The highest BCUT2D eigenvalue weighted by Gasteiger charge is 2.13. The highest BCUT2D eigenvalue weighted by molar-refractivity contribution is 14.1. The predicted molar refractivity (Wildman–Crippen MR) is 83.9 cm³/mol. The van der Waals surface area contributed by atoms with Crippen LogP contribution in [-0.2, 0) is 11.8 Å². The van der Waals surface area contributed by atoms with Gasteiger partial charge in [0, 0.05) is 16.8 Å². The van der Waals surface area contributed by atoms with E-state index in [0.717, 1.165) is 3.57 Å². The van der Waals surface area contributed by atoms with Gasteiger partial charge in [0.15, 0.2) is 0 Å². The summed E-state index contributed by atoms with van der Waals surface area (Å²) in [4.78, 5) is 23.7. The van der Waals surface area contributed by atoms with Crippen LogP contribution < -0.4 is 5.32 Å². The van der Waals surface area contributed by atoms with E-state index in [4.69, 9.17) is 0 Å². The number of halogens is 1. The van der Waals surface area contributed by atoms with Crippen LogP contribution in [0.5, 0.6) is 0 Å². The molecule has 6 heteroatoms. The maximum Gasteiger partial charge on any atom is 0.337 e.